The lowest BCUT2D eigenvalue weighted by molar-refractivity contribution is 0.335. The first kappa shape index (κ1) is 26.4. The average molecular weight is 539 g/mol. The van der Waals surface area contributed by atoms with Gasteiger partial charge in [-0.05, 0) is 98.0 Å². The van der Waals surface area contributed by atoms with E-state index in [0.29, 0.717) is 28.4 Å². The largest absolute Gasteiger partial charge is 0.494 e. The number of halogens is 1. The van der Waals surface area contributed by atoms with Gasteiger partial charge in [-0.1, -0.05) is 37.6 Å². The number of para-hydroxylation sites is 1. The van der Waals surface area contributed by atoms with Crippen LogP contribution in [0.15, 0.2) is 82.8 Å². The minimum atomic E-state index is -0.230. The number of aromatic nitrogens is 3. The molecule has 0 spiro atoms. The molecule has 0 amide bonds. The van der Waals surface area contributed by atoms with E-state index in [2.05, 4.69) is 19.9 Å². The summed E-state index contributed by atoms with van der Waals surface area (Å²) >= 11 is 6.25. The molecular weight excluding hydrogens is 508 g/mol. The molecule has 5 aromatic rings. The quantitative estimate of drug-likeness (QED) is 0.201. The van der Waals surface area contributed by atoms with Gasteiger partial charge in [0, 0.05) is 22.5 Å². The van der Waals surface area contributed by atoms with Crippen LogP contribution < -0.4 is 10.3 Å². The van der Waals surface area contributed by atoms with E-state index in [1.54, 1.807) is 12.3 Å². The Morgan fingerprint density at radius 3 is 2.56 bits per heavy atom. The molecular formula is C32H31ClN4O2. The predicted molar refractivity (Wildman–Crippen MR) is 160 cm³/mol. The lowest BCUT2D eigenvalue weighted by Crippen LogP contribution is -2.21. The molecule has 0 saturated carbocycles. The van der Waals surface area contributed by atoms with Gasteiger partial charge in [0.1, 0.15) is 5.75 Å². The molecule has 0 aliphatic carbocycles. The first-order valence-corrected chi connectivity index (χ1v) is 13.4. The SMILES string of the molecule is CCOc1cc(C)c(-c2nc3ccccc3c(=O)n2N=Cc2cccn2-c2ccc(Cl)c(C)c2)cc1C(C)C. The van der Waals surface area contributed by atoms with E-state index in [1.807, 2.05) is 86.1 Å². The Bertz CT molecular complexity index is 1760. The minimum absolute atomic E-state index is 0.223. The summed E-state index contributed by atoms with van der Waals surface area (Å²) in [4.78, 5) is 18.7. The minimum Gasteiger partial charge on any atom is -0.494 e. The molecule has 2 heterocycles. The zero-order valence-electron chi connectivity index (χ0n) is 22.8. The monoisotopic (exact) mass is 538 g/mol. The number of hydrogen-bond donors (Lipinski definition) is 0. The topological polar surface area (TPSA) is 61.4 Å². The maximum absolute atomic E-state index is 13.8. The molecule has 7 heteroatoms. The summed E-state index contributed by atoms with van der Waals surface area (Å²) in [6.07, 6.45) is 3.65. The van der Waals surface area contributed by atoms with Crippen LogP contribution in [0.25, 0.3) is 28.0 Å². The van der Waals surface area contributed by atoms with Crippen molar-refractivity contribution in [3.05, 3.63) is 111 Å². The normalized spacial score (nSPS) is 11.7. The zero-order valence-corrected chi connectivity index (χ0v) is 23.5. The molecule has 0 bridgehead atoms. The van der Waals surface area contributed by atoms with E-state index >= 15 is 0 Å². The highest BCUT2D eigenvalue weighted by Crippen LogP contribution is 2.34. The first-order chi connectivity index (χ1) is 18.8. The van der Waals surface area contributed by atoms with Crippen molar-refractivity contribution in [3.8, 4) is 22.8 Å². The van der Waals surface area contributed by atoms with Crippen molar-refractivity contribution < 1.29 is 4.74 Å². The Balaban J connectivity index is 1.70. The number of nitrogens with zero attached hydrogens (tertiary/aromatic N) is 4. The summed E-state index contributed by atoms with van der Waals surface area (Å²) in [6.45, 7) is 10.8. The van der Waals surface area contributed by atoms with Crippen molar-refractivity contribution in [2.75, 3.05) is 6.61 Å². The van der Waals surface area contributed by atoms with Crippen LogP contribution in [0, 0.1) is 13.8 Å². The number of benzene rings is 3. The van der Waals surface area contributed by atoms with Gasteiger partial charge in [0.25, 0.3) is 5.56 Å². The van der Waals surface area contributed by atoms with Crippen LogP contribution in [0.5, 0.6) is 5.75 Å². The molecule has 0 saturated heterocycles. The van der Waals surface area contributed by atoms with E-state index in [9.17, 15) is 4.79 Å². The lowest BCUT2D eigenvalue weighted by Gasteiger charge is -2.18. The molecule has 0 radical (unpaired) electrons. The summed E-state index contributed by atoms with van der Waals surface area (Å²) in [5.41, 5.74) is 6.00. The molecule has 2 aromatic heterocycles. The lowest BCUT2D eigenvalue weighted by atomic mass is 9.96. The highest BCUT2D eigenvalue weighted by Gasteiger charge is 2.18. The molecule has 0 unspecified atom stereocenters. The van der Waals surface area contributed by atoms with E-state index in [0.717, 1.165) is 39.4 Å². The Labute approximate surface area is 233 Å². The van der Waals surface area contributed by atoms with Gasteiger partial charge < -0.3 is 9.30 Å². The Morgan fingerprint density at radius 1 is 1.03 bits per heavy atom. The van der Waals surface area contributed by atoms with E-state index in [1.165, 1.54) is 4.68 Å². The standard InChI is InChI=1S/C32H31ClN4O2/c1-6-39-30-17-21(4)27(18-26(30)20(2)3)31-35-29-12-8-7-11-25(29)32(38)37(31)34-19-24-10-9-15-36(24)23-13-14-28(33)22(5)16-23/h7-20H,6H2,1-5H3. The van der Waals surface area contributed by atoms with Crippen LogP contribution in [-0.4, -0.2) is 27.0 Å². The van der Waals surface area contributed by atoms with Gasteiger partial charge in [-0.15, -0.1) is 0 Å². The summed E-state index contributed by atoms with van der Waals surface area (Å²) in [5.74, 6) is 1.56. The van der Waals surface area contributed by atoms with Gasteiger partial charge in [-0.3, -0.25) is 4.79 Å². The molecule has 6 nitrogen and oxygen atoms in total. The summed E-state index contributed by atoms with van der Waals surface area (Å²) in [7, 11) is 0. The van der Waals surface area contributed by atoms with E-state index < -0.39 is 0 Å². The second kappa shape index (κ2) is 10.9. The third-order valence-electron chi connectivity index (χ3n) is 6.78. The fourth-order valence-electron chi connectivity index (χ4n) is 4.71. The van der Waals surface area contributed by atoms with Gasteiger partial charge in [-0.25, -0.2) is 4.98 Å². The zero-order chi connectivity index (χ0) is 27.7. The predicted octanol–water partition coefficient (Wildman–Crippen LogP) is 7.53. The third kappa shape index (κ3) is 5.12. The van der Waals surface area contributed by atoms with Crippen molar-refractivity contribution in [1.82, 2.24) is 14.2 Å². The van der Waals surface area contributed by atoms with Crippen LogP contribution in [0.3, 0.4) is 0 Å². The van der Waals surface area contributed by atoms with Gasteiger partial charge >= 0.3 is 0 Å². The number of ether oxygens (including phenoxy) is 1. The molecule has 198 valence electrons. The molecule has 0 fully saturated rings. The molecule has 5 rings (SSSR count). The van der Waals surface area contributed by atoms with Gasteiger partial charge in [0.05, 0.1) is 29.4 Å². The number of aryl methyl sites for hydroxylation is 2. The second-order valence-electron chi connectivity index (χ2n) is 9.84. The van der Waals surface area contributed by atoms with Crippen molar-refractivity contribution in [1.29, 1.82) is 0 Å². The van der Waals surface area contributed by atoms with Crippen LogP contribution in [0.2, 0.25) is 5.02 Å². The van der Waals surface area contributed by atoms with Crippen molar-refractivity contribution >= 4 is 28.7 Å². The maximum Gasteiger partial charge on any atom is 0.282 e. The Kier molecular flexibility index (Phi) is 7.40. The fraction of sp³-hybridized carbons (Fsp3) is 0.219. The second-order valence-corrected chi connectivity index (χ2v) is 10.3. The van der Waals surface area contributed by atoms with E-state index in [-0.39, 0.29) is 11.5 Å². The summed E-state index contributed by atoms with van der Waals surface area (Å²) < 4.78 is 9.34. The number of hydrogen-bond acceptors (Lipinski definition) is 4. The summed E-state index contributed by atoms with van der Waals surface area (Å²) in [5, 5.41) is 5.94. The van der Waals surface area contributed by atoms with E-state index in [4.69, 9.17) is 26.4 Å². The molecule has 0 N–H and O–H groups in total. The molecule has 0 aliphatic rings. The van der Waals surface area contributed by atoms with Gasteiger partial charge in [0.15, 0.2) is 5.82 Å². The summed E-state index contributed by atoms with van der Waals surface area (Å²) in [6, 6.07) is 21.2. The Hall–Kier alpha value is -4.16. The first-order valence-electron chi connectivity index (χ1n) is 13.1. The third-order valence-corrected chi connectivity index (χ3v) is 7.20. The van der Waals surface area contributed by atoms with Gasteiger partial charge in [-0.2, -0.15) is 9.78 Å². The highest BCUT2D eigenvalue weighted by molar-refractivity contribution is 6.31. The number of rotatable bonds is 7. The van der Waals surface area contributed by atoms with Crippen molar-refractivity contribution in [2.45, 2.75) is 40.5 Å². The molecule has 0 aliphatic heterocycles. The average Bonchev–Trinajstić information content (AvgIpc) is 3.38. The number of fused-ring (bicyclic) bond motifs is 1. The highest BCUT2D eigenvalue weighted by atomic mass is 35.5. The fourth-order valence-corrected chi connectivity index (χ4v) is 4.82. The van der Waals surface area contributed by atoms with Crippen molar-refractivity contribution in [2.24, 2.45) is 5.10 Å². The van der Waals surface area contributed by atoms with Crippen molar-refractivity contribution in [3.63, 3.8) is 0 Å². The van der Waals surface area contributed by atoms with Crippen LogP contribution in [-0.2, 0) is 0 Å². The molecule has 3 aromatic carbocycles. The van der Waals surface area contributed by atoms with Gasteiger partial charge in [0.2, 0.25) is 0 Å². The molecule has 0 atom stereocenters. The molecule has 39 heavy (non-hydrogen) atoms. The van der Waals surface area contributed by atoms with Crippen LogP contribution in [0.4, 0.5) is 0 Å². The Morgan fingerprint density at radius 2 is 1.82 bits per heavy atom. The van der Waals surface area contributed by atoms with Crippen LogP contribution >= 0.6 is 11.6 Å². The maximum atomic E-state index is 13.8. The smallest absolute Gasteiger partial charge is 0.282 e. The van der Waals surface area contributed by atoms with Crippen LogP contribution in [0.1, 0.15) is 49.1 Å².